The number of piperidine rings is 1. The van der Waals surface area contributed by atoms with E-state index in [-0.39, 0.29) is 59.9 Å². The van der Waals surface area contributed by atoms with Crippen LogP contribution < -0.4 is 16.0 Å². The molecule has 18 heteroatoms. The first-order valence-corrected chi connectivity index (χ1v) is 21.7. The van der Waals surface area contributed by atoms with E-state index in [0.717, 1.165) is 18.7 Å². The molecule has 4 aromatic rings. The number of ether oxygens (including phenoxy) is 1. The molecular weight excluding hydrogens is 823 g/mol. The number of phenolic OH excluding ortho intramolecular Hbond substituents is 2. The fourth-order valence-electron chi connectivity index (χ4n) is 8.29. The number of aromatic nitrogens is 3. The Hall–Kier alpha value is -6.82. The molecule has 3 aromatic carbocycles. The molecule has 1 aromatic heterocycles. The first-order chi connectivity index (χ1) is 30.8. The fraction of sp³-hybridized carbons (Fsp3) is 0.435. The van der Waals surface area contributed by atoms with E-state index in [1.807, 2.05) is 45.0 Å². The van der Waals surface area contributed by atoms with Gasteiger partial charge in [-0.1, -0.05) is 45.4 Å². The van der Waals surface area contributed by atoms with Crippen LogP contribution in [0.3, 0.4) is 0 Å². The van der Waals surface area contributed by atoms with Gasteiger partial charge in [0.25, 0.3) is 11.8 Å². The summed E-state index contributed by atoms with van der Waals surface area (Å²) in [5.74, 6) is -1.39. The lowest BCUT2D eigenvalue weighted by Crippen LogP contribution is -2.46. The van der Waals surface area contributed by atoms with E-state index in [1.54, 1.807) is 47.7 Å². The van der Waals surface area contributed by atoms with Crippen molar-refractivity contribution in [3.8, 4) is 28.6 Å². The molecule has 1 fully saturated rings. The van der Waals surface area contributed by atoms with E-state index < -0.39 is 23.9 Å². The van der Waals surface area contributed by atoms with Gasteiger partial charge in [-0.25, -0.2) is 4.79 Å². The fourth-order valence-corrected chi connectivity index (χ4v) is 8.29. The maximum absolute atomic E-state index is 13.4. The summed E-state index contributed by atoms with van der Waals surface area (Å²) in [6, 6.07) is 14.7. The van der Waals surface area contributed by atoms with Crippen molar-refractivity contribution in [2.45, 2.75) is 84.8 Å². The highest BCUT2D eigenvalue weighted by atomic mass is 16.5. The van der Waals surface area contributed by atoms with Gasteiger partial charge in [0.1, 0.15) is 17.5 Å². The summed E-state index contributed by atoms with van der Waals surface area (Å²) in [5.41, 5.74) is 3.91. The molecule has 340 valence electrons. The highest BCUT2D eigenvalue weighted by Gasteiger charge is 2.37. The zero-order valence-electron chi connectivity index (χ0n) is 36.9. The number of imide groups is 1. The number of benzene rings is 3. The van der Waals surface area contributed by atoms with Crippen molar-refractivity contribution < 1.29 is 43.7 Å². The van der Waals surface area contributed by atoms with Gasteiger partial charge in [0.2, 0.25) is 24.0 Å². The highest BCUT2D eigenvalue weighted by Crippen LogP contribution is 2.38. The van der Waals surface area contributed by atoms with Crippen LogP contribution in [0.2, 0.25) is 0 Å². The molecule has 1 atom stereocenters. The second kappa shape index (κ2) is 21.0. The number of hydrogen-bond donors (Lipinski definition) is 5. The van der Waals surface area contributed by atoms with Gasteiger partial charge in [-0.2, -0.15) is 0 Å². The predicted molar refractivity (Wildman–Crippen MR) is 237 cm³/mol. The Balaban J connectivity index is 0.977. The maximum Gasteiger partial charge on any atom is 0.411 e. The minimum absolute atomic E-state index is 0.0332. The largest absolute Gasteiger partial charge is 0.508 e. The molecule has 64 heavy (non-hydrogen) atoms. The zero-order valence-corrected chi connectivity index (χ0v) is 36.9. The molecule has 0 bridgehead atoms. The molecule has 0 spiro atoms. The van der Waals surface area contributed by atoms with Crippen molar-refractivity contribution in [1.82, 2.24) is 40.1 Å². The molecule has 0 saturated carbocycles. The minimum Gasteiger partial charge on any atom is -0.508 e. The molecule has 0 aliphatic carbocycles. The van der Waals surface area contributed by atoms with E-state index in [4.69, 9.17) is 4.74 Å². The number of likely N-dealkylation sites (tertiary alicyclic amines) is 1. The summed E-state index contributed by atoms with van der Waals surface area (Å²) in [6.45, 7) is 10.6. The van der Waals surface area contributed by atoms with Crippen LogP contribution in [0.4, 0.5) is 10.5 Å². The molecule has 5 N–H and O–H groups in total. The number of carbonyl (C=O) groups is 6. The summed E-state index contributed by atoms with van der Waals surface area (Å²) in [6.07, 6.45) is 2.38. The van der Waals surface area contributed by atoms with Crippen molar-refractivity contribution in [2.75, 3.05) is 45.2 Å². The predicted octanol–water partition coefficient (Wildman–Crippen LogP) is 4.92. The van der Waals surface area contributed by atoms with Gasteiger partial charge in [0.15, 0.2) is 5.82 Å². The monoisotopic (exact) mass is 879 g/mol. The standard InChI is InChI=1S/C46H57N9O9/c1-6-10-37(42(59)48-27-56)54-26-35-32(45(54)62)11-8-12-36(35)49-46(63)64-22-9-19-52(5)44(61)30-17-20-53(21-18-30)25-29-13-15-31(16-14-29)55-40(50-51-41(55)43(60)47-7-2)34-23-33(28(3)4)38(57)24-39(34)58/h8,11-16,23-24,27-28,30,37,57-58H,6-7,9-10,17-22,25-26H2,1-5H3,(H,47,60)(H,49,63)(H,48,56,59). The van der Waals surface area contributed by atoms with Crippen LogP contribution in [-0.4, -0.2) is 122 Å². The first kappa shape index (κ1) is 46.7. The number of rotatable bonds is 18. The number of anilines is 1. The lowest BCUT2D eigenvalue weighted by Gasteiger charge is -2.33. The average molecular weight is 880 g/mol. The van der Waals surface area contributed by atoms with Crippen LogP contribution in [0, 0.1) is 5.92 Å². The Labute approximate surface area is 372 Å². The van der Waals surface area contributed by atoms with Crippen LogP contribution in [0.15, 0.2) is 54.6 Å². The minimum atomic E-state index is -0.831. The van der Waals surface area contributed by atoms with E-state index in [9.17, 15) is 39.0 Å². The number of phenols is 2. The van der Waals surface area contributed by atoms with Crippen molar-refractivity contribution in [3.05, 3.63) is 82.7 Å². The molecule has 6 rings (SSSR count). The second-order valence-electron chi connectivity index (χ2n) is 16.4. The number of carbonyl (C=O) groups excluding carboxylic acids is 6. The number of aromatic hydroxyl groups is 2. The summed E-state index contributed by atoms with van der Waals surface area (Å²) in [7, 11) is 1.75. The Kier molecular flexibility index (Phi) is 15.3. The van der Waals surface area contributed by atoms with Gasteiger partial charge in [-0.15, -0.1) is 10.2 Å². The first-order valence-electron chi connectivity index (χ1n) is 21.7. The van der Waals surface area contributed by atoms with Crippen molar-refractivity contribution >= 4 is 41.8 Å². The molecule has 6 amide bonds. The molecule has 2 aliphatic heterocycles. The molecule has 2 aliphatic rings. The van der Waals surface area contributed by atoms with Crippen molar-refractivity contribution in [3.63, 3.8) is 0 Å². The Bertz CT molecular complexity index is 2360. The summed E-state index contributed by atoms with van der Waals surface area (Å²) >= 11 is 0. The van der Waals surface area contributed by atoms with Gasteiger partial charge >= 0.3 is 6.09 Å². The lowest BCUT2D eigenvalue weighted by molar-refractivity contribution is -0.136. The van der Waals surface area contributed by atoms with Crippen molar-refractivity contribution in [1.29, 1.82) is 0 Å². The lowest BCUT2D eigenvalue weighted by atomic mass is 9.95. The quantitative estimate of drug-likeness (QED) is 0.0663. The zero-order chi connectivity index (χ0) is 46.1. The smallest absolute Gasteiger partial charge is 0.411 e. The summed E-state index contributed by atoms with van der Waals surface area (Å²) in [4.78, 5) is 81.3. The Morgan fingerprint density at radius 2 is 1.72 bits per heavy atom. The molecule has 0 radical (unpaired) electrons. The van der Waals surface area contributed by atoms with Gasteiger partial charge in [-0.3, -0.25) is 44.1 Å². The number of nitrogens with one attached hydrogen (secondary N) is 3. The van der Waals surface area contributed by atoms with E-state index in [2.05, 4.69) is 31.0 Å². The molecule has 1 saturated heterocycles. The van der Waals surface area contributed by atoms with Crippen LogP contribution in [0.25, 0.3) is 17.1 Å². The van der Waals surface area contributed by atoms with Crippen LogP contribution in [-0.2, 0) is 32.2 Å². The third kappa shape index (κ3) is 10.5. The maximum atomic E-state index is 13.4. The highest BCUT2D eigenvalue weighted by molar-refractivity contribution is 6.04. The van der Waals surface area contributed by atoms with Crippen LogP contribution in [0.1, 0.15) is 103 Å². The van der Waals surface area contributed by atoms with Gasteiger partial charge in [-0.05, 0) is 93.1 Å². The van der Waals surface area contributed by atoms with Crippen molar-refractivity contribution in [2.24, 2.45) is 5.92 Å². The number of fused-ring (bicyclic) bond motifs is 1. The van der Waals surface area contributed by atoms with E-state index in [0.29, 0.717) is 91.8 Å². The van der Waals surface area contributed by atoms with Crippen LogP contribution >= 0.6 is 0 Å². The SMILES string of the molecule is CCCC(C(=O)NC=O)N1Cc2c(NC(=O)OCCCN(C)C(=O)C3CCN(Cc4ccc(-n5c(C(=O)NCC)nnc5-c5cc(C(C)C)c(O)cc5O)cc4)CC3)cccc2C1=O. The third-order valence-corrected chi connectivity index (χ3v) is 11.7. The molecule has 3 heterocycles. The van der Waals surface area contributed by atoms with Gasteiger partial charge < -0.3 is 30.1 Å². The average Bonchev–Trinajstić information content (AvgIpc) is 3.86. The normalized spacial score (nSPS) is 14.5. The molecule has 18 nitrogen and oxygen atoms in total. The van der Waals surface area contributed by atoms with Gasteiger partial charge in [0.05, 0.1) is 12.2 Å². The topological polar surface area (TPSA) is 229 Å². The molecule has 1 unspecified atom stereocenters. The Morgan fingerprint density at radius 1 is 0.984 bits per heavy atom. The number of hydrogen-bond acceptors (Lipinski definition) is 12. The van der Waals surface area contributed by atoms with E-state index in [1.165, 1.54) is 11.0 Å². The van der Waals surface area contributed by atoms with Crippen LogP contribution in [0.5, 0.6) is 11.5 Å². The van der Waals surface area contributed by atoms with Gasteiger partial charge in [0, 0.05) is 67.7 Å². The summed E-state index contributed by atoms with van der Waals surface area (Å²) < 4.78 is 7.02. The summed E-state index contributed by atoms with van der Waals surface area (Å²) in [5, 5.41) is 37.4. The Morgan fingerprint density at radius 3 is 2.39 bits per heavy atom. The van der Waals surface area contributed by atoms with E-state index >= 15 is 0 Å². The number of nitrogens with zero attached hydrogens (tertiary/aromatic N) is 6. The second-order valence-corrected chi connectivity index (χ2v) is 16.4. The number of amides is 6. The molecular formula is C46H57N9O9. The third-order valence-electron chi connectivity index (χ3n) is 11.7.